The predicted octanol–water partition coefficient (Wildman–Crippen LogP) is 3.38. The molecule has 0 saturated heterocycles. The van der Waals surface area contributed by atoms with Gasteiger partial charge in [0.05, 0.1) is 16.6 Å². The van der Waals surface area contributed by atoms with Crippen LogP contribution in [0.2, 0.25) is 10.2 Å². The average Bonchev–Trinajstić information content (AvgIpc) is 2.78. The Balaban J connectivity index is 2.37. The van der Waals surface area contributed by atoms with Gasteiger partial charge in [0.1, 0.15) is 11.2 Å². The standard InChI is InChI=1S/C13H9Cl2N3O3/c14-8-3-1-7(2-4-8)5-10(19)11-12(18(20)21)9(6-16)17-13(11)15/h1-4,10,17,19H,5H2. The Labute approximate surface area is 129 Å². The number of nitrogens with one attached hydrogen (secondary N) is 1. The molecule has 0 aliphatic carbocycles. The molecule has 1 atom stereocenters. The highest BCUT2D eigenvalue weighted by molar-refractivity contribution is 6.31. The van der Waals surface area contributed by atoms with Gasteiger partial charge < -0.3 is 10.1 Å². The molecule has 108 valence electrons. The van der Waals surface area contributed by atoms with Gasteiger partial charge in [-0.25, -0.2) is 0 Å². The second-order valence-electron chi connectivity index (χ2n) is 4.29. The fourth-order valence-corrected chi connectivity index (χ4v) is 2.43. The van der Waals surface area contributed by atoms with Gasteiger partial charge >= 0.3 is 5.69 Å². The first-order valence-electron chi connectivity index (χ1n) is 5.82. The number of aromatic amines is 1. The summed E-state index contributed by atoms with van der Waals surface area (Å²) in [6, 6.07) is 8.35. The lowest BCUT2D eigenvalue weighted by Crippen LogP contribution is -2.04. The largest absolute Gasteiger partial charge is 0.388 e. The van der Waals surface area contributed by atoms with Gasteiger partial charge in [0.15, 0.2) is 5.69 Å². The van der Waals surface area contributed by atoms with E-state index in [2.05, 4.69) is 4.98 Å². The number of hydrogen-bond donors (Lipinski definition) is 2. The molecule has 1 aromatic heterocycles. The minimum atomic E-state index is -1.21. The van der Waals surface area contributed by atoms with E-state index in [1.807, 2.05) is 0 Å². The summed E-state index contributed by atoms with van der Waals surface area (Å²) < 4.78 is 0. The molecule has 0 aliphatic rings. The third-order valence-electron chi connectivity index (χ3n) is 2.93. The maximum atomic E-state index is 11.1. The molecule has 0 aliphatic heterocycles. The molecule has 2 N–H and O–H groups in total. The van der Waals surface area contributed by atoms with Crippen LogP contribution in [0.15, 0.2) is 24.3 Å². The Hall–Kier alpha value is -2.07. The highest BCUT2D eigenvalue weighted by atomic mass is 35.5. The van der Waals surface area contributed by atoms with Crippen molar-refractivity contribution in [2.45, 2.75) is 12.5 Å². The SMILES string of the molecule is N#Cc1[nH]c(Cl)c(C(O)Cc2ccc(Cl)cc2)c1[N+](=O)[O-]. The third kappa shape index (κ3) is 3.16. The molecule has 21 heavy (non-hydrogen) atoms. The summed E-state index contributed by atoms with van der Waals surface area (Å²) in [5, 5.41) is 30.6. The van der Waals surface area contributed by atoms with Crippen molar-refractivity contribution in [2.75, 3.05) is 0 Å². The number of benzene rings is 1. The Bertz CT molecular complexity index is 719. The molecular formula is C13H9Cl2N3O3. The number of aromatic nitrogens is 1. The zero-order chi connectivity index (χ0) is 15.6. The molecule has 1 unspecified atom stereocenters. The summed E-state index contributed by atoms with van der Waals surface area (Å²) in [4.78, 5) is 12.7. The number of nitro groups is 1. The lowest BCUT2D eigenvalue weighted by Gasteiger charge is -2.09. The van der Waals surface area contributed by atoms with E-state index in [0.29, 0.717) is 5.02 Å². The van der Waals surface area contributed by atoms with Gasteiger partial charge in [0, 0.05) is 11.4 Å². The van der Waals surface area contributed by atoms with Crippen LogP contribution in [0.25, 0.3) is 0 Å². The van der Waals surface area contributed by atoms with Crippen molar-refractivity contribution in [3.63, 3.8) is 0 Å². The van der Waals surface area contributed by atoms with Crippen LogP contribution in [0.5, 0.6) is 0 Å². The van der Waals surface area contributed by atoms with Crippen LogP contribution in [-0.4, -0.2) is 15.0 Å². The first kappa shape index (κ1) is 15.3. The summed E-state index contributed by atoms with van der Waals surface area (Å²) in [6.07, 6.45) is -1.10. The van der Waals surface area contributed by atoms with Gasteiger partial charge in [-0.3, -0.25) is 10.1 Å². The molecule has 0 radical (unpaired) electrons. The molecule has 8 heteroatoms. The zero-order valence-electron chi connectivity index (χ0n) is 10.5. The molecule has 1 aromatic carbocycles. The molecule has 2 aromatic rings. The lowest BCUT2D eigenvalue weighted by molar-refractivity contribution is -0.386. The van der Waals surface area contributed by atoms with Crippen molar-refractivity contribution in [1.29, 1.82) is 5.26 Å². The number of halogens is 2. The second kappa shape index (κ2) is 6.14. The van der Waals surface area contributed by atoms with Gasteiger partial charge in [-0.2, -0.15) is 5.26 Å². The van der Waals surface area contributed by atoms with E-state index < -0.39 is 16.7 Å². The van der Waals surface area contributed by atoms with E-state index in [1.54, 1.807) is 30.3 Å². The summed E-state index contributed by atoms with van der Waals surface area (Å²) in [7, 11) is 0. The van der Waals surface area contributed by atoms with Crippen molar-refractivity contribution in [2.24, 2.45) is 0 Å². The first-order chi connectivity index (χ1) is 9.93. The van der Waals surface area contributed by atoms with Crippen LogP contribution in [-0.2, 0) is 6.42 Å². The van der Waals surface area contributed by atoms with Crippen molar-refractivity contribution in [3.8, 4) is 6.07 Å². The van der Waals surface area contributed by atoms with Crippen LogP contribution in [0, 0.1) is 21.4 Å². The normalized spacial score (nSPS) is 11.9. The van der Waals surface area contributed by atoms with E-state index in [0.717, 1.165) is 5.56 Å². The van der Waals surface area contributed by atoms with E-state index in [1.165, 1.54) is 0 Å². The molecule has 2 rings (SSSR count). The van der Waals surface area contributed by atoms with Crippen LogP contribution in [0.3, 0.4) is 0 Å². The van der Waals surface area contributed by atoms with Crippen LogP contribution in [0.1, 0.15) is 22.9 Å². The van der Waals surface area contributed by atoms with Crippen LogP contribution in [0.4, 0.5) is 5.69 Å². The molecule has 6 nitrogen and oxygen atoms in total. The van der Waals surface area contributed by atoms with Gasteiger partial charge in [-0.1, -0.05) is 35.3 Å². The predicted molar refractivity (Wildman–Crippen MR) is 77.3 cm³/mol. The maximum absolute atomic E-state index is 11.1. The van der Waals surface area contributed by atoms with Crippen molar-refractivity contribution in [1.82, 2.24) is 4.98 Å². The first-order valence-corrected chi connectivity index (χ1v) is 6.58. The summed E-state index contributed by atoms with van der Waals surface area (Å²) in [5.41, 5.74) is -0.135. The van der Waals surface area contributed by atoms with E-state index in [9.17, 15) is 15.2 Å². The van der Waals surface area contributed by atoms with Gasteiger partial charge in [-0.15, -0.1) is 0 Å². The van der Waals surface area contributed by atoms with Crippen molar-refractivity contribution in [3.05, 3.63) is 61.4 Å². The molecule has 0 bridgehead atoms. The molecule has 0 amide bonds. The van der Waals surface area contributed by atoms with Crippen LogP contribution >= 0.6 is 23.2 Å². The minimum Gasteiger partial charge on any atom is -0.388 e. The average molecular weight is 326 g/mol. The Morgan fingerprint density at radius 2 is 2.00 bits per heavy atom. The zero-order valence-corrected chi connectivity index (χ0v) is 12.0. The molecule has 0 spiro atoms. The van der Waals surface area contributed by atoms with Gasteiger partial charge in [0.25, 0.3) is 0 Å². The number of H-pyrrole nitrogens is 1. The summed E-state index contributed by atoms with van der Waals surface area (Å²) in [6.45, 7) is 0. The number of rotatable bonds is 4. The Kier molecular flexibility index (Phi) is 4.48. The maximum Gasteiger partial charge on any atom is 0.312 e. The quantitative estimate of drug-likeness (QED) is 0.664. The van der Waals surface area contributed by atoms with Gasteiger partial charge in [0.2, 0.25) is 0 Å². The Morgan fingerprint density at radius 1 is 1.38 bits per heavy atom. The lowest BCUT2D eigenvalue weighted by atomic mass is 10.0. The van der Waals surface area contributed by atoms with E-state index in [4.69, 9.17) is 28.5 Å². The number of nitriles is 1. The van der Waals surface area contributed by atoms with Crippen molar-refractivity contribution < 1.29 is 10.0 Å². The number of aliphatic hydroxyl groups excluding tert-OH is 1. The minimum absolute atomic E-state index is 0.0897. The number of hydrogen-bond acceptors (Lipinski definition) is 4. The van der Waals surface area contributed by atoms with Gasteiger partial charge in [-0.05, 0) is 17.7 Å². The monoisotopic (exact) mass is 325 g/mol. The smallest absolute Gasteiger partial charge is 0.312 e. The molecule has 0 fully saturated rings. The fraction of sp³-hybridized carbons (Fsp3) is 0.154. The highest BCUT2D eigenvalue weighted by Gasteiger charge is 2.31. The number of nitrogens with zero attached hydrogens (tertiary/aromatic N) is 2. The van der Waals surface area contributed by atoms with Crippen LogP contribution < -0.4 is 0 Å². The third-order valence-corrected chi connectivity index (χ3v) is 3.48. The highest BCUT2D eigenvalue weighted by Crippen LogP contribution is 2.36. The second-order valence-corrected chi connectivity index (χ2v) is 5.11. The Morgan fingerprint density at radius 3 is 2.52 bits per heavy atom. The summed E-state index contributed by atoms with van der Waals surface area (Å²) >= 11 is 11.6. The summed E-state index contributed by atoms with van der Waals surface area (Å²) in [5.74, 6) is 0. The fourth-order valence-electron chi connectivity index (χ4n) is 2.00. The van der Waals surface area contributed by atoms with E-state index >= 15 is 0 Å². The molecule has 1 heterocycles. The van der Waals surface area contributed by atoms with E-state index in [-0.39, 0.29) is 22.8 Å². The topological polar surface area (TPSA) is 103 Å². The molecule has 0 saturated carbocycles. The number of aliphatic hydroxyl groups is 1. The van der Waals surface area contributed by atoms with Crippen molar-refractivity contribution >= 4 is 28.9 Å². The molecular weight excluding hydrogens is 317 g/mol.